The molecular weight excluding hydrogens is 416 g/mol. The summed E-state index contributed by atoms with van der Waals surface area (Å²) in [6, 6.07) is 10.3. The van der Waals surface area contributed by atoms with Crippen LogP contribution in [0.5, 0.6) is 0 Å². The summed E-state index contributed by atoms with van der Waals surface area (Å²) in [6.07, 6.45) is 4.88. The number of hydrogen-bond acceptors (Lipinski definition) is 7. The number of carbonyl (C=O) groups excluding carboxylic acids is 2. The standard InChI is InChI=1S/C21H20N6O3S/c1-3-27-19(16-5-4-12-30-16)24-25-21(27)31-13-17(28)23-15-8-6-14(7-9-15)18(29)20-22-10-11-26(20)2/h4-12H,3,13H2,1-2H3,(H,23,28). The van der Waals surface area contributed by atoms with Crippen LogP contribution in [-0.4, -0.2) is 41.8 Å². The zero-order valence-electron chi connectivity index (χ0n) is 17.0. The number of nitrogens with one attached hydrogen (secondary N) is 1. The molecule has 0 spiro atoms. The van der Waals surface area contributed by atoms with E-state index < -0.39 is 0 Å². The maximum atomic E-state index is 12.5. The van der Waals surface area contributed by atoms with E-state index in [1.165, 1.54) is 11.8 Å². The second-order valence-electron chi connectivity index (χ2n) is 6.63. The Morgan fingerprint density at radius 3 is 2.61 bits per heavy atom. The van der Waals surface area contributed by atoms with Gasteiger partial charge in [-0.2, -0.15) is 0 Å². The molecule has 0 fully saturated rings. The Bertz CT molecular complexity index is 1190. The molecule has 4 aromatic rings. The van der Waals surface area contributed by atoms with Crippen molar-refractivity contribution >= 4 is 29.1 Å². The monoisotopic (exact) mass is 436 g/mol. The molecule has 3 heterocycles. The minimum Gasteiger partial charge on any atom is -0.461 e. The van der Waals surface area contributed by atoms with Gasteiger partial charge in [-0.05, 0) is 43.3 Å². The van der Waals surface area contributed by atoms with Gasteiger partial charge in [-0.3, -0.25) is 14.2 Å². The molecular formula is C21H20N6O3S. The van der Waals surface area contributed by atoms with Gasteiger partial charge < -0.3 is 14.3 Å². The maximum Gasteiger partial charge on any atom is 0.234 e. The lowest BCUT2D eigenvalue weighted by atomic mass is 10.1. The Morgan fingerprint density at radius 2 is 1.97 bits per heavy atom. The van der Waals surface area contributed by atoms with Crippen LogP contribution in [0.4, 0.5) is 5.69 Å². The molecule has 0 aliphatic rings. The van der Waals surface area contributed by atoms with Crippen LogP contribution in [0, 0.1) is 0 Å². The summed E-state index contributed by atoms with van der Waals surface area (Å²) >= 11 is 1.30. The Kier molecular flexibility index (Phi) is 5.99. The van der Waals surface area contributed by atoms with Crippen molar-refractivity contribution < 1.29 is 14.0 Å². The predicted octanol–water partition coefficient (Wildman–Crippen LogP) is 3.25. The van der Waals surface area contributed by atoms with Crippen molar-refractivity contribution in [2.24, 2.45) is 7.05 Å². The Hall–Kier alpha value is -3.66. The molecule has 3 aromatic heterocycles. The van der Waals surface area contributed by atoms with Crippen LogP contribution in [0.3, 0.4) is 0 Å². The second kappa shape index (κ2) is 9.00. The molecule has 1 amide bonds. The minimum absolute atomic E-state index is 0.171. The van der Waals surface area contributed by atoms with Gasteiger partial charge in [-0.25, -0.2) is 4.98 Å². The van der Waals surface area contributed by atoms with Crippen molar-refractivity contribution in [1.82, 2.24) is 24.3 Å². The van der Waals surface area contributed by atoms with E-state index in [1.807, 2.05) is 17.6 Å². The molecule has 0 bridgehead atoms. The number of imidazole rings is 1. The van der Waals surface area contributed by atoms with E-state index in [-0.39, 0.29) is 17.4 Å². The fourth-order valence-corrected chi connectivity index (χ4v) is 3.82. The van der Waals surface area contributed by atoms with Gasteiger partial charge in [-0.1, -0.05) is 11.8 Å². The molecule has 0 aliphatic carbocycles. The van der Waals surface area contributed by atoms with Crippen LogP contribution in [0.2, 0.25) is 0 Å². The van der Waals surface area contributed by atoms with Crippen LogP contribution < -0.4 is 5.32 Å². The third kappa shape index (κ3) is 4.43. The van der Waals surface area contributed by atoms with E-state index in [0.717, 1.165) is 0 Å². The molecule has 0 unspecified atom stereocenters. The van der Waals surface area contributed by atoms with E-state index >= 15 is 0 Å². The Morgan fingerprint density at radius 1 is 1.16 bits per heavy atom. The summed E-state index contributed by atoms with van der Waals surface area (Å²) in [5.41, 5.74) is 1.11. The van der Waals surface area contributed by atoms with Crippen LogP contribution in [0.1, 0.15) is 23.1 Å². The lowest BCUT2D eigenvalue weighted by Gasteiger charge is -2.07. The first-order chi connectivity index (χ1) is 15.1. The molecule has 10 heteroatoms. The van der Waals surface area contributed by atoms with E-state index in [1.54, 1.807) is 60.6 Å². The minimum atomic E-state index is -0.182. The fourth-order valence-electron chi connectivity index (χ4n) is 3.01. The molecule has 0 saturated heterocycles. The summed E-state index contributed by atoms with van der Waals surface area (Å²) < 4.78 is 8.96. The number of aryl methyl sites for hydroxylation is 1. The molecule has 1 N–H and O–H groups in total. The molecule has 31 heavy (non-hydrogen) atoms. The van der Waals surface area contributed by atoms with Crippen molar-refractivity contribution in [3.63, 3.8) is 0 Å². The lowest BCUT2D eigenvalue weighted by Crippen LogP contribution is -2.15. The first-order valence-corrected chi connectivity index (χ1v) is 10.6. The highest BCUT2D eigenvalue weighted by Gasteiger charge is 2.17. The summed E-state index contributed by atoms with van der Waals surface area (Å²) in [5.74, 6) is 1.44. The molecule has 1 aromatic carbocycles. The second-order valence-corrected chi connectivity index (χ2v) is 7.58. The van der Waals surface area contributed by atoms with E-state index in [0.29, 0.717) is 40.4 Å². The van der Waals surface area contributed by atoms with Gasteiger partial charge >= 0.3 is 0 Å². The zero-order valence-corrected chi connectivity index (χ0v) is 17.8. The van der Waals surface area contributed by atoms with Crippen LogP contribution in [0.25, 0.3) is 11.6 Å². The fraction of sp³-hybridized carbons (Fsp3) is 0.190. The molecule has 0 atom stereocenters. The van der Waals surface area contributed by atoms with Gasteiger partial charge in [0, 0.05) is 37.2 Å². The third-order valence-electron chi connectivity index (χ3n) is 4.56. The topological polar surface area (TPSA) is 108 Å². The number of benzene rings is 1. The number of thioether (sulfide) groups is 1. The molecule has 158 valence electrons. The zero-order chi connectivity index (χ0) is 21.8. The van der Waals surface area contributed by atoms with Crippen molar-refractivity contribution in [3.05, 3.63) is 66.4 Å². The van der Waals surface area contributed by atoms with Gasteiger partial charge in [-0.15, -0.1) is 10.2 Å². The summed E-state index contributed by atoms with van der Waals surface area (Å²) in [6.45, 7) is 2.63. The highest BCUT2D eigenvalue weighted by Crippen LogP contribution is 2.24. The Balaban J connectivity index is 1.36. The predicted molar refractivity (Wildman–Crippen MR) is 116 cm³/mol. The molecule has 9 nitrogen and oxygen atoms in total. The number of amides is 1. The number of ketones is 1. The number of carbonyl (C=O) groups is 2. The Labute approximate surface area is 182 Å². The summed E-state index contributed by atoms with van der Waals surface area (Å²) in [4.78, 5) is 28.9. The maximum absolute atomic E-state index is 12.5. The number of rotatable bonds is 8. The number of nitrogens with zero attached hydrogens (tertiary/aromatic N) is 5. The largest absolute Gasteiger partial charge is 0.461 e. The number of anilines is 1. The van der Waals surface area contributed by atoms with Crippen molar-refractivity contribution in [3.8, 4) is 11.6 Å². The number of aromatic nitrogens is 5. The number of hydrogen-bond donors (Lipinski definition) is 1. The van der Waals surface area contributed by atoms with Crippen LogP contribution >= 0.6 is 11.8 Å². The van der Waals surface area contributed by atoms with Gasteiger partial charge in [0.25, 0.3) is 0 Å². The van der Waals surface area contributed by atoms with Gasteiger partial charge in [0.1, 0.15) is 0 Å². The average Bonchev–Trinajstić information content (AvgIpc) is 3.52. The average molecular weight is 436 g/mol. The van der Waals surface area contributed by atoms with Crippen molar-refractivity contribution in [2.45, 2.75) is 18.6 Å². The first kappa shape index (κ1) is 20.6. The van der Waals surface area contributed by atoms with Gasteiger partial charge in [0.05, 0.1) is 12.0 Å². The SMILES string of the molecule is CCn1c(SCC(=O)Nc2ccc(C(=O)c3nccn3C)cc2)nnc1-c1ccco1. The van der Waals surface area contributed by atoms with E-state index in [4.69, 9.17) is 4.42 Å². The normalized spacial score (nSPS) is 10.9. The highest BCUT2D eigenvalue weighted by molar-refractivity contribution is 7.99. The van der Waals surface area contributed by atoms with Crippen LogP contribution in [0.15, 0.2) is 64.6 Å². The molecule has 0 radical (unpaired) electrons. The highest BCUT2D eigenvalue weighted by atomic mass is 32.2. The van der Waals surface area contributed by atoms with Gasteiger partial charge in [0.15, 0.2) is 22.6 Å². The van der Waals surface area contributed by atoms with Crippen molar-refractivity contribution in [1.29, 1.82) is 0 Å². The number of furan rings is 1. The summed E-state index contributed by atoms with van der Waals surface area (Å²) in [5, 5.41) is 11.8. The van der Waals surface area contributed by atoms with E-state index in [9.17, 15) is 9.59 Å². The molecule has 0 aliphatic heterocycles. The summed E-state index contributed by atoms with van der Waals surface area (Å²) in [7, 11) is 1.77. The van der Waals surface area contributed by atoms with E-state index in [2.05, 4.69) is 20.5 Å². The van der Waals surface area contributed by atoms with Gasteiger partial charge in [0.2, 0.25) is 11.7 Å². The van der Waals surface area contributed by atoms with Crippen molar-refractivity contribution in [2.75, 3.05) is 11.1 Å². The first-order valence-electron chi connectivity index (χ1n) is 9.58. The quantitative estimate of drug-likeness (QED) is 0.334. The van der Waals surface area contributed by atoms with Crippen LogP contribution in [-0.2, 0) is 18.4 Å². The molecule has 4 rings (SSSR count). The molecule has 0 saturated carbocycles. The lowest BCUT2D eigenvalue weighted by molar-refractivity contribution is -0.113. The third-order valence-corrected chi connectivity index (χ3v) is 5.53. The smallest absolute Gasteiger partial charge is 0.234 e.